The van der Waals surface area contributed by atoms with E-state index < -0.39 is 0 Å². The van der Waals surface area contributed by atoms with Crippen LogP contribution < -0.4 is 10.9 Å². The summed E-state index contributed by atoms with van der Waals surface area (Å²) in [7, 11) is 0. The lowest BCUT2D eigenvalue weighted by molar-refractivity contribution is 0.383. The molecule has 1 aromatic heterocycles. The van der Waals surface area contributed by atoms with Gasteiger partial charge in [-0.2, -0.15) is 0 Å². The molecule has 0 spiro atoms. The lowest BCUT2D eigenvalue weighted by atomic mass is 10.1. The molecule has 0 aliphatic carbocycles. The van der Waals surface area contributed by atoms with E-state index in [1.165, 1.54) is 0 Å². The highest BCUT2D eigenvalue weighted by Crippen LogP contribution is 2.10. The molecule has 1 N–H and O–H groups in total. The van der Waals surface area contributed by atoms with Gasteiger partial charge in [0.2, 0.25) is 0 Å². The van der Waals surface area contributed by atoms with Gasteiger partial charge in [-0.05, 0) is 20.8 Å². The summed E-state index contributed by atoms with van der Waals surface area (Å²) in [5.41, 5.74) is -0.410. The van der Waals surface area contributed by atoms with Crippen molar-refractivity contribution in [3.63, 3.8) is 0 Å². The Morgan fingerprint density at radius 2 is 2.27 bits per heavy atom. The van der Waals surface area contributed by atoms with Crippen molar-refractivity contribution in [3.8, 4) is 12.3 Å². The third-order valence-electron chi connectivity index (χ3n) is 1.92. The molecule has 0 aliphatic rings. The normalized spacial score (nSPS) is 10.8. The maximum absolute atomic E-state index is 11.9. The molecule has 0 amide bonds. The lowest BCUT2D eigenvalue weighted by Crippen LogP contribution is -2.35. The Hall–Kier alpha value is -1.76. The standard InChI is InChI=1S/C11H15N3O/c1-5-6-12-9-10(15)14(8-7-13-9)11(2,3)4/h1,7-8H,6H2,2-4H3,(H,12,13). The van der Waals surface area contributed by atoms with Gasteiger partial charge < -0.3 is 9.88 Å². The zero-order chi connectivity index (χ0) is 11.5. The fourth-order valence-corrected chi connectivity index (χ4v) is 1.20. The number of rotatable bonds is 2. The maximum Gasteiger partial charge on any atom is 0.293 e. The van der Waals surface area contributed by atoms with Crippen molar-refractivity contribution in [2.45, 2.75) is 26.3 Å². The van der Waals surface area contributed by atoms with Gasteiger partial charge in [0.05, 0.1) is 6.54 Å². The summed E-state index contributed by atoms with van der Waals surface area (Å²) in [5, 5.41) is 2.79. The number of aromatic nitrogens is 2. The fourth-order valence-electron chi connectivity index (χ4n) is 1.20. The second-order valence-electron chi connectivity index (χ2n) is 4.18. The molecule has 0 radical (unpaired) electrons. The fraction of sp³-hybridized carbons (Fsp3) is 0.455. The van der Waals surface area contributed by atoms with Crippen LogP contribution in [0.15, 0.2) is 17.2 Å². The average molecular weight is 205 g/mol. The van der Waals surface area contributed by atoms with Crippen molar-refractivity contribution in [2.75, 3.05) is 11.9 Å². The van der Waals surface area contributed by atoms with Crippen molar-refractivity contribution in [2.24, 2.45) is 0 Å². The minimum absolute atomic E-state index is 0.153. The summed E-state index contributed by atoms with van der Waals surface area (Å²) in [6.07, 6.45) is 8.36. The van der Waals surface area contributed by atoms with Crippen LogP contribution in [0.1, 0.15) is 20.8 Å². The Bertz CT molecular complexity index is 434. The molecule has 0 bridgehead atoms. The van der Waals surface area contributed by atoms with Crippen LogP contribution in [0, 0.1) is 12.3 Å². The van der Waals surface area contributed by atoms with E-state index in [1.54, 1.807) is 17.0 Å². The Balaban J connectivity index is 3.14. The smallest absolute Gasteiger partial charge is 0.293 e. The summed E-state index contributed by atoms with van der Waals surface area (Å²) in [6.45, 7) is 6.18. The molecule has 0 saturated heterocycles. The first-order valence-electron chi connectivity index (χ1n) is 4.72. The molecule has 0 atom stereocenters. The largest absolute Gasteiger partial charge is 0.355 e. The van der Waals surface area contributed by atoms with Gasteiger partial charge in [-0.3, -0.25) is 4.79 Å². The third-order valence-corrected chi connectivity index (χ3v) is 1.92. The highest BCUT2D eigenvalue weighted by molar-refractivity contribution is 5.32. The van der Waals surface area contributed by atoms with Crippen LogP contribution in [0.2, 0.25) is 0 Å². The van der Waals surface area contributed by atoms with Crippen LogP contribution in [-0.2, 0) is 5.54 Å². The maximum atomic E-state index is 11.9. The summed E-state index contributed by atoms with van der Waals surface area (Å²) in [6, 6.07) is 0. The topological polar surface area (TPSA) is 46.9 Å². The minimum Gasteiger partial charge on any atom is -0.355 e. The van der Waals surface area contributed by atoms with E-state index in [1.807, 2.05) is 20.8 Å². The quantitative estimate of drug-likeness (QED) is 0.734. The molecule has 0 saturated carbocycles. The third kappa shape index (κ3) is 2.59. The number of nitrogens with zero attached hydrogens (tertiary/aromatic N) is 2. The number of hydrogen-bond acceptors (Lipinski definition) is 3. The van der Waals surface area contributed by atoms with Gasteiger partial charge in [0.1, 0.15) is 0 Å². The lowest BCUT2D eigenvalue weighted by Gasteiger charge is -2.22. The monoisotopic (exact) mass is 205 g/mol. The molecule has 0 fully saturated rings. The second kappa shape index (κ2) is 4.18. The molecule has 0 unspecified atom stereocenters. The average Bonchev–Trinajstić information content (AvgIpc) is 2.14. The van der Waals surface area contributed by atoms with Crippen molar-refractivity contribution >= 4 is 5.82 Å². The molecule has 1 heterocycles. The van der Waals surface area contributed by atoms with Gasteiger partial charge in [-0.15, -0.1) is 6.42 Å². The second-order valence-corrected chi connectivity index (χ2v) is 4.18. The Morgan fingerprint density at radius 3 is 2.80 bits per heavy atom. The summed E-state index contributed by atoms with van der Waals surface area (Å²) < 4.78 is 1.62. The van der Waals surface area contributed by atoms with Crippen LogP contribution in [0.4, 0.5) is 5.82 Å². The van der Waals surface area contributed by atoms with Crippen molar-refractivity contribution in [1.82, 2.24) is 9.55 Å². The van der Waals surface area contributed by atoms with Gasteiger partial charge >= 0.3 is 0 Å². The summed E-state index contributed by atoms with van der Waals surface area (Å²) in [5.74, 6) is 2.70. The predicted octanol–water partition coefficient (Wildman–Crippen LogP) is 1.04. The molecule has 80 valence electrons. The van der Waals surface area contributed by atoms with Crippen LogP contribution in [0.25, 0.3) is 0 Å². The molecule has 0 aliphatic heterocycles. The van der Waals surface area contributed by atoms with E-state index in [2.05, 4.69) is 16.2 Å². The van der Waals surface area contributed by atoms with E-state index in [9.17, 15) is 4.79 Å². The summed E-state index contributed by atoms with van der Waals surface area (Å²) >= 11 is 0. The number of terminal acetylenes is 1. The molecular weight excluding hydrogens is 190 g/mol. The van der Waals surface area contributed by atoms with Gasteiger partial charge in [-0.1, -0.05) is 5.92 Å². The van der Waals surface area contributed by atoms with Gasteiger partial charge in [0, 0.05) is 17.9 Å². The van der Waals surface area contributed by atoms with Crippen LogP contribution in [-0.4, -0.2) is 16.1 Å². The SMILES string of the molecule is C#CCNc1nccn(C(C)(C)C)c1=O. The Kier molecular flexibility index (Phi) is 3.15. The summed E-state index contributed by atoms with van der Waals surface area (Å²) in [4.78, 5) is 15.8. The van der Waals surface area contributed by atoms with Gasteiger partial charge in [0.15, 0.2) is 5.82 Å². The Morgan fingerprint density at radius 1 is 1.60 bits per heavy atom. The Labute approximate surface area is 89.3 Å². The molecule has 4 heteroatoms. The molecule has 1 aromatic rings. The van der Waals surface area contributed by atoms with Crippen molar-refractivity contribution < 1.29 is 0 Å². The van der Waals surface area contributed by atoms with E-state index >= 15 is 0 Å². The number of nitrogens with one attached hydrogen (secondary N) is 1. The molecule has 4 nitrogen and oxygen atoms in total. The molecular formula is C11H15N3O. The van der Waals surface area contributed by atoms with E-state index in [0.717, 1.165) is 0 Å². The first-order valence-corrected chi connectivity index (χ1v) is 4.72. The predicted molar refractivity (Wildman–Crippen MR) is 60.8 cm³/mol. The number of hydrogen-bond donors (Lipinski definition) is 1. The highest BCUT2D eigenvalue weighted by atomic mass is 16.1. The minimum atomic E-state index is -0.257. The zero-order valence-electron chi connectivity index (χ0n) is 9.24. The van der Waals surface area contributed by atoms with E-state index in [4.69, 9.17) is 6.42 Å². The van der Waals surface area contributed by atoms with Crippen molar-refractivity contribution in [3.05, 3.63) is 22.7 Å². The van der Waals surface area contributed by atoms with E-state index in [-0.39, 0.29) is 11.1 Å². The van der Waals surface area contributed by atoms with Gasteiger partial charge in [-0.25, -0.2) is 4.98 Å². The van der Waals surface area contributed by atoms with E-state index in [0.29, 0.717) is 12.4 Å². The molecule has 1 rings (SSSR count). The highest BCUT2D eigenvalue weighted by Gasteiger charge is 2.15. The zero-order valence-corrected chi connectivity index (χ0v) is 9.24. The molecule has 0 aromatic carbocycles. The van der Waals surface area contributed by atoms with Crippen molar-refractivity contribution in [1.29, 1.82) is 0 Å². The van der Waals surface area contributed by atoms with Gasteiger partial charge in [0.25, 0.3) is 5.56 Å². The van der Waals surface area contributed by atoms with Crippen LogP contribution >= 0.6 is 0 Å². The van der Waals surface area contributed by atoms with Crippen LogP contribution in [0.3, 0.4) is 0 Å². The first kappa shape index (κ1) is 11.3. The first-order chi connectivity index (χ1) is 6.96. The number of anilines is 1. The molecule has 15 heavy (non-hydrogen) atoms. The van der Waals surface area contributed by atoms with Crippen LogP contribution in [0.5, 0.6) is 0 Å².